The summed E-state index contributed by atoms with van der Waals surface area (Å²) in [5.74, 6) is 0. The SMILES string of the molecule is CC[NH+]1CC[NH+](Cc2ccc(Cl)c(Cl)c2)CC1. The van der Waals surface area contributed by atoms with Gasteiger partial charge in [0.05, 0.1) is 16.6 Å². The normalized spacial score (nSPS) is 24.9. The maximum absolute atomic E-state index is 6.03. The van der Waals surface area contributed by atoms with E-state index in [1.807, 2.05) is 12.1 Å². The van der Waals surface area contributed by atoms with Gasteiger partial charge < -0.3 is 9.80 Å². The third kappa shape index (κ3) is 3.59. The molecule has 17 heavy (non-hydrogen) atoms. The van der Waals surface area contributed by atoms with Crippen molar-refractivity contribution in [2.24, 2.45) is 0 Å². The first-order chi connectivity index (χ1) is 8.19. The molecule has 1 saturated heterocycles. The summed E-state index contributed by atoms with van der Waals surface area (Å²) in [6, 6.07) is 5.97. The zero-order valence-electron chi connectivity index (χ0n) is 10.2. The molecule has 1 aliphatic rings. The molecule has 0 radical (unpaired) electrons. The van der Waals surface area contributed by atoms with E-state index in [9.17, 15) is 0 Å². The minimum absolute atomic E-state index is 0.644. The zero-order valence-corrected chi connectivity index (χ0v) is 11.7. The number of hydrogen-bond donors (Lipinski definition) is 2. The Morgan fingerprint density at radius 2 is 1.65 bits per heavy atom. The van der Waals surface area contributed by atoms with Crippen LogP contribution in [0.5, 0.6) is 0 Å². The van der Waals surface area contributed by atoms with Gasteiger partial charge in [0.1, 0.15) is 32.7 Å². The Bertz CT molecular complexity index is 374. The quantitative estimate of drug-likeness (QED) is 0.785. The molecule has 0 aliphatic carbocycles. The number of likely N-dealkylation sites (N-methyl/N-ethyl adjacent to an activating group) is 1. The van der Waals surface area contributed by atoms with Crippen LogP contribution in [-0.2, 0) is 6.54 Å². The average Bonchev–Trinajstić information content (AvgIpc) is 2.35. The predicted octanol–water partition coefficient (Wildman–Crippen LogP) is 0.297. The number of hydrogen-bond acceptors (Lipinski definition) is 0. The third-order valence-corrected chi connectivity index (χ3v) is 4.34. The molecule has 4 heteroatoms. The molecule has 1 aromatic rings. The molecule has 94 valence electrons. The van der Waals surface area contributed by atoms with Gasteiger partial charge in [-0.05, 0) is 19.1 Å². The first-order valence-electron chi connectivity index (χ1n) is 6.30. The van der Waals surface area contributed by atoms with Crippen molar-refractivity contribution in [2.75, 3.05) is 32.7 Å². The van der Waals surface area contributed by atoms with Crippen molar-refractivity contribution < 1.29 is 9.80 Å². The Morgan fingerprint density at radius 1 is 1.00 bits per heavy atom. The van der Waals surface area contributed by atoms with E-state index < -0.39 is 0 Å². The minimum Gasteiger partial charge on any atom is -0.326 e. The predicted molar refractivity (Wildman–Crippen MR) is 72.1 cm³/mol. The molecule has 0 amide bonds. The lowest BCUT2D eigenvalue weighted by molar-refractivity contribution is -1.02. The fraction of sp³-hybridized carbons (Fsp3) is 0.538. The molecule has 0 bridgehead atoms. The van der Waals surface area contributed by atoms with Crippen LogP contribution in [0, 0.1) is 0 Å². The number of rotatable bonds is 3. The molecular formula is C13H20Cl2N2+2. The highest BCUT2D eigenvalue weighted by Crippen LogP contribution is 2.22. The van der Waals surface area contributed by atoms with Crippen molar-refractivity contribution in [2.45, 2.75) is 13.5 Å². The van der Waals surface area contributed by atoms with Crippen LogP contribution >= 0.6 is 23.2 Å². The smallest absolute Gasteiger partial charge is 0.127 e. The second-order valence-corrected chi connectivity index (χ2v) is 5.59. The summed E-state index contributed by atoms with van der Waals surface area (Å²) in [6.45, 7) is 9.65. The van der Waals surface area contributed by atoms with E-state index in [4.69, 9.17) is 23.2 Å². The van der Waals surface area contributed by atoms with Crippen LogP contribution in [0.15, 0.2) is 18.2 Å². The lowest BCUT2D eigenvalue weighted by atomic mass is 10.2. The molecule has 2 N–H and O–H groups in total. The Labute approximate surface area is 113 Å². The van der Waals surface area contributed by atoms with E-state index in [0.29, 0.717) is 10.0 Å². The van der Waals surface area contributed by atoms with Crippen LogP contribution in [0.2, 0.25) is 10.0 Å². The third-order valence-electron chi connectivity index (χ3n) is 3.60. The highest BCUT2D eigenvalue weighted by molar-refractivity contribution is 6.41. The Morgan fingerprint density at radius 3 is 2.24 bits per heavy atom. The summed E-state index contributed by atoms with van der Waals surface area (Å²) in [4.78, 5) is 3.38. The zero-order chi connectivity index (χ0) is 12.3. The standard InChI is InChI=1S/C13H18Cl2N2/c1-2-16-5-7-17(8-6-16)10-11-3-4-12(14)13(15)9-11/h3-4,9H,2,5-8,10H2,1H3/p+2. The molecule has 0 spiro atoms. The van der Waals surface area contributed by atoms with Crippen molar-refractivity contribution in [3.63, 3.8) is 0 Å². The maximum Gasteiger partial charge on any atom is 0.127 e. The summed E-state index contributed by atoms with van der Waals surface area (Å²) in [5, 5.41) is 1.31. The van der Waals surface area contributed by atoms with Crippen LogP contribution < -0.4 is 9.80 Å². The van der Waals surface area contributed by atoms with Gasteiger partial charge in [0.2, 0.25) is 0 Å². The molecular weight excluding hydrogens is 255 g/mol. The maximum atomic E-state index is 6.03. The van der Waals surface area contributed by atoms with E-state index in [1.165, 1.54) is 38.3 Å². The first kappa shape index (κ1) is 13.2. The number of piperazine rings is 1. The molecule has 1 heterocycles. The Kier molecular flexibility index (Phi) is 4.69. The van der Waals surface area contributed by atoms with E-state index in [1.54, 1.807) is 9.80 Å². The van der Waals surface area contributed by atoms with Gasteiger partial charge in [-0.2, -0.15) is 0 Å². The van der Waals surface area contributed by atoms with Crippen LogP contribution in [0.3, 0.4) is 0 Å². The van der Waals surface area contributed by atoms with Crippen molar-refractivity contribution >= 4 is 23.2 Å². The summed E-state index contributed by atoms with van der Waals surface area (Å²) >= 11 is 12.0. The Hall–Kier alpha value is -0.280. The van der Waals surface area contributed by atoms with Gasteiger partial charge in [-0.3, -0.25) is 0 Å². The van der Waals surface area contributed by atoms with Gasteiger partial charge in [0, 0.05) is 5.56 Å². The molecule has 0 atom stereocenters. The van der Waals surface area contributed by atoms with Crippen molar-refractivity contribution in [1.82, 2.24) is 0 Å². The molecule has 0 saturated carbocycles. The number of quaternary nitrogens is 2. The van der Waals surface area contributed by atoms with E-state index >= 15 is 0 Å². The van der Waals surface area contributed by atoms with E-state index in [-0.39, 0.29) is 0 Å². The van der Waals surface area contributed by atoms with Crippen LogP contribution in [0.1, 0.15) is 12.5 Å². The summed E-state index contributed by atoms with van der Waals surface area (Å²) in [5.41, 5.74) is 1.29. The van der Waals surface area contributed by atoms with Gasteiger partial charge in [0.15, 0.2) is 0 Å². The van der Waals surface area contributed by atoms with E-state index in [0.717, 1.165) is 6.54 Å². The van der Waals surface area contributed by atoms with Gasteiger partial charge >= 0.3 is 0 Å². The second-order valence-electron chi connectivity index (χ2n) is 4.78. The van der Waals surface area contributed by atoms with E-state index in [2.05, 4.69) is 13.0 Å². The van der Waals surface area contributed by atoms with Gasteiger partial charge in [-0.1, -0.05) is 29.3 Å². The number of halogens is 2. The van der Waals surface area contributed by atoms with Gasteiger partial charge in [-0.25, -0.2) is 0 Å². The van der Waals surface area contributed by atoms with Gasteiger partial charge in [0.25, 0.3) is 0 Å². The molecule has 2 rings (SSSR count). The molecule has 2 nitrogen and oxygen atoms in total. The fourth-order valence-corrected chi connectivity index (χ4v) is 2.75. The lowest BCUT2D eigenvalue weighted by Crippen LogP contribution is -3.27. The summed E-state index contributed by atoms with van der Waals surface area (Å²) < 4.78 is 0. The minimum atomic E-state index is 0.644. The lowest BCUT2D eigenvalue weighted by Gasteiger charge is -2.29. The van der Waals surface area contributed by atoms with Crippen LogP contribution in [0.25, 0.3) is 0 Å². The highest BCUT2D eigenvalue weighted by atomic mass is 35.5. The topological polar surface area (TPSA) is 8.88 Å². The summed E-state index contributed by atoms with van der Waals surface area (Å²) in [6.07, 6.45) is 0. The molecule has 0 aromatic heterocycles. The van der Waals surface area contributed by atoms with Crippen molar-refractivity contribution in [3.05, 3.63) is 33.8 Å². The van der Waals surface area contributed by atoms with Crippen LogP contribution in [-0.4, -0.2) is 32.7 Å². The Balaban J connectivity index is 1.91. The molecule has 1 fully saturated rings. The molecule has 1 aromatic carbocycles. The first-order valence-corrected chi connectivity index (χ1v) is 7.05. The average molecular weight is 275 g/mol. The second kappa shape index (κ2) is 6.05. The van der Waals surface area contributed by atoms with Crippen molar-refractivity contribution in [1.29, 1.82) is 0 Å². The fourth-order valence-electron chi connectivity index (χ4n) is 2.43. The highest BCUT2D eigenvalue weighted by Gasteiger charge is 2.21. The monoisotopic (exact) mass is 274 g/mol. The number of nitrogens with one attached hydrogen (secondary N) is 2. The number of benzene rings is 1. The molecule has 0 unspecified atom stereocenters. The summed E-state index contributed by atoms with van der Waals surface area (Å²) in [7, 11) is 0. The molecule has 1 aliphatic heterocycles. The largest absolute Gasteiger partial charge is 0.326 e. The van der Waals surface area contributed by atoms with Crippen LogP contribution in [0.4, 0.5) is 0 Å². The van der Waals surface area contributed by atoms with Gasteiger partial charge in [-0.15, -0.1) is 0 Å². The van der Waals surface area contributed by atoms with Crippen molar-refractivity contribution in [3.8, 4) is 0 Å².